The summed E-state index contributed by atoms with van der Waals surface area (Å²) < 4.78 is 1.76. The van der Waals surface area contributed by atoms with E-state index in [0.717, 1.165) is 43.1 Å². The number of benzene rings is 1. The maximum atomic E-state index is 4.53. The maximum absolute atomic E-state index is 4.53. The summed E-state index contributed by atoms with van der Waals surface area (Å²) in [5, 5.41) is 16.4. The van der Waals surface area contributed by atoms with Gasteiger partial charge in [-0.2, -0.15) is 9.61 Å². The van der Waals surface area contributed by atoms with E-state index in [1.54, 1.807) is 10.8 Å². The van der Waals surface area contributed by atoms with E-state index in [-0.39, 0.29) is 0 Å². The van der Waals surface area contributed by atoms with E-state index in [1.165, 1.54) is 24.8 Å². The first-order valence-corrected chi connectivity index (χ1v) is 9.58. The smallest absolute Gasteiger partial charge is 0.200 e. The second-order valence-corrected chi connectivity index (χ2v) is 6.91. The van der Waals surface area contributed by atoms with Crippen molar-refractivity contribution in [1.82, 2.24) is 24.7 Å². The van der Waals surface area contributed by atoms with Gasteiger partial charge in [0.05, 0.1) is 17.4 Å². The van der Waals surface area contributed by atoms with Gasteiger partial charge in [-0.3, -0.25) is 4.90 Å². The van der Waals surface area contributed by atoms with Crippen molar-refractivity contribution in [1.29, 1.82) is 0 Å². The second kappa shape index (κ2) is 7.83. The number of aromatic nitrogens is 4. The van der Waals surface area contributed by atoms with E-state index < -0.39 is 0 Å². The van der Waals surface area contributed by atoms with Crippen LogP contribution in [-0.2, 0) is 6.42 Å². The van der Waals surface area contributed by atoms with Crippen molar-refractivity contribution in [2.24, 2.45) is 0 Å². The van der Waals surface area contributed by atoms with Crippen LogP contribution in [0.3, 0.4) is 0 Å². The number of nitrogens with one attached hydrogen (secondary N) is 1. The van der Waals surface area contributed by atoms with Gasteiger partial charge in [-0.05, 0) is 44.0 Å². The van der Waals surface area contributed by atoms with Gasteiger partial charge in [0.2, 0.25) is 5.65 Å². The molecule has 1 aliphatic heterocycles. The summed E-state index contributed by atoms with van der Waals surface area (Å²) in [6, 6.07) is 13.3. The van der Waals surface area contributed by atoms with Crippen LogP contribution in [0.2, 0.25) is 0 Å². The third-order valence-corrected chi connectivity index (χ3v) is 5.18. The predicted molar refractivity (Wildman–Crippen MR) is 103 cm³/mol. The summed E-state index contributed by atoms with van der Waals surface area (Å²) in [4.78, 5) is 2.61. The minimum Gasteiger partial charge on any atom is -0.380 e. The quantitative estimate of drug-likeness (QED) is 0.739. The molecular weight excluding hydrogens is 324 g/mol. The summed E-state index contributed by atoms with van der Waals surface area (Å²) in [6.07, 6.45) is 6.46. The van der Waals surface area contributed by atoms with Gasteiger partial charge in [0.1, 0.15) is 6.33 Å². The van der Waals surface area contributed by atoms with Gasteiger partial charge in [0, 0.05) is 6.54 Å². The molecule has 0 radical (unpaired) electrons. The molecule has 3 aromatic rings. The van der Waals surface area contributed by atoms with Gasteiger partial charge in [0.15, 0.2) is 0 Å². The number of fused-ring (bicyclic) bond motifs is 1. The van der Waals surface area contributed by atoms with Crippen LogP contribution in [-0.4, -0.2) is 44.3 Å². The van der Waals surface area contributed by atoms with Crippen LogP contribution in [0.15, 0.2) is 42.7 Å². The molecule has 1 aliphatic rings. The molecule has 0 bridgehead atoms. The molecule has 2 aromatic heterocycles. The number of nitrogens with zero attached hydrogens (tertiary/aromatic N) is 5. The Morgan fingerprint density at radius 1 is 1.12 bits per heavy atom. The highest BCUT2D eigenvalue weighted by Crippen LogP contribution is 2.26. The highest BCUT2D eigenvalue weighted by Gasteiger charge is 2.22. The van der Waals surface area contributed by atoms with Crippen molar-refractivity contribution < 1.29 is 0 Å². The monoisotopic (exact) mass is 350 g/mol. The molecule has 1 N–H and O–H groups in total. The summed E-state index contributed by atoms with van der Waals surface area (Å²) in [5.74, 6) is 0. The van der Waals surface area contributed by atoms with Gasteiger partial charge < -0.3 is 5.32 Å². The minimum absolute atomic E-state index is 0.359. The van der Waals surface area contributed by atoms with Crippen molar-refractivity contribution in [3.8, 4) is 0 Å². The number of anilines is 1. The number of aryl methyl sites for hydroxylation is 1. The first-order chi connectivity index (χ1) is 12.8. The molecule has 0 aliphatic carbocycles. The van der Waals surface area contributed by atoms with Crippen LogP contribution in [0.5, 0.6) is 0 Å². The highest BCUT2D eigenvalue weighted by atomic mass is 15.3. The molecule has 3 heterocycles. The van der Waals surface area contributed by atoms with Crippen LogP contribution >= 0.6 is 0 Å². The molecule has 0 amide bonds. The molecule has 6 heteroatoms. The third-order valence-electron chi connectivity index (χ3n) is 5.18. The highest BCUT2D eigenvalue weighted by molar-refractivity contribution is 5.66. The lowest BCUT2D eigenvalue weighted by Gasteiger charge is -2.35. The lowest BCUT2D eigenvalue weighted by Crippen LogP contribution is -2.37. The van der Waals surface area contributed by atoms with Crippen LogP contribution in [0, 0.1) is 0 Å². The fourth-order valence-corrected chi connectivity index (χ4v) is 3.75. The van der Waals surface area contributed by atoms with Crippen molar-refractivity contribution in [3.05, 3.63) is 54.0 Å². The lowest BCUT2D eigenvalue weighted by molar-refractivity contribution is 0.170. The van der Waals surface area contributed by atoms with Gasteiger partial charge in [-0.1, -0.05) is 43.7 Å². The lowest BCUT2D eigenvalue weighted by atomic mass is 10.0. The van der Waals surface area contributed by atoms with Crippen LogP contribution in [0.4, 0.5) is 5.69 Å². The van der Waals surface area contributed by atoms with E-state index in [4.69, 9.17) is 0 Å². The molecule has 0 saturated carbocycles. The molecule has 1 unspecified atom stereocenters. The zero-order valence-electron chi connectivity index (χ0n) is 15.3. The minimum atomic E-state index is 0.359. The van der Waals surface area contributed by atoms with Crippen LogP contribution in [0.25, 0.3) is 5.65 Å². The molecule has 4 rings (SSSR count). The van der Waals surface area contributed by atoms with Gasteiger partial charge in [-0.25, -0.2) is 0 Å². The molecule has 0 spiro atoms. The fraction of sp³-hybridized carbons (Fsp3) is 0.450. The average Bonchev–Trinajstić information content (AvgIpc) is 3.18. The summed E-state index contributed by atoms with van der Waals surface area (Å²) in [6.45, 7) is 5.29. The summed E-state index contributed by atoms with van der Waals surface area (Å²) in [5.41, 5.74) is 4.19. The predicted octanol–water partition coefficient (Wildman–Crippen LogP) is 3.33. The van der Waals surface area contributed by atoms with Gasteiger partial charge in [0.25, 0.3) is 0 Å². The number of hydrogen-bond acceptors (Lipinski definition) is 5. The van der Waals surface area contributed by atoms with Crippen LogP contribution in [0.1, 0.15) is 43.5 Å². The maximum Gasteiger partial charge on any atom is 0.200 e. The SMILES string of the molecule is CCc1cc(NCC(c2ccccc2)N2CCCCC2)c2nncn2n1. The number of hydrogen-bond donors (Lipinski definition) is 1. The molecule has 1 saturated heterocycles. The Kier molecular flexibility index (Phi) is 5.11. The van der Waals surface area contributed by atoms with Crippen molar-refractivity contribution in [2.75, 3.05) is 25.0 Å². The van der Waals surface area contributed by atoms with Crippen molar-refractivity contribution in [2.45, 2.75) is 38.6 Å². The van der Waals surface area contributed by atoms with E-state index >= 15 is 0 Å². The van der Waals surface area contributed by atoms with E-state index in [2.05, 4.69) is 68.8 Å². The zero-order chi connectivity index (χ0) is 17.8. The molecule has 1 aromatic carbocycles. The normalized spacial score (nSPS) is 16.7. The van der Waals surface area contributed by atoms with E-state index in [1.807, 2.05) is 0 Å². The zero-order valence-corrected chi connectivity index (χ0v) is 15.3. The van der Waals surface area contributed by atoms with Crippen molar-refractivity contribution >= 4 is 11.3 Å². The molecule has 136 valence electrons. The van der Waals surface area contributed by atoms with Gasteiger partial charge >= 0.3 is 0 Å². The fourth-order valence-electron chi connectivity index (χ4n) is 3.75. The van der Waals surface area contributed by atoms with Crippen LogP contribution < -0.4 is 5.32 Å². The topological polar surface area (TPSA) is 58.3 Å². The first kappa shape index (κ1) is 17.0. The number of piperidine rings is 1. The Labute approximate surface area is 154 Å². The first-order valence-electron chi connectivity index (χ1n) is 9.58. The molecular formula is C20H26N6. The Bertz CT molecular complexity index is 838. The van der Waals surface area contributed by atoms with Crippen molar-refractivity contribution in [3.63, 3.8) is 0 Å². The third kappa shape index (κ3) is 3.55. The van der Waals surface area contributed by atoms with E-state index in [9.17, 15) is 0 Å². The Morgan fingerprint density at radius 3 is 2.69 bits per heavy atom. The largest absolute Gasteiger partial charge is 0.380 e. The average molecular weight is 350 g/mol. The molecule has 26 heavy (non-hydrogen) atoms. The second-order valence-electron chi connectivity index (χ2n) is 6.91. The summed E-state index contributed by atoms with van der Waals surface area (Å²) >= 11 is 0. The Hall–Kier alpha value is -2.47. The Balaban J connectivity index is 1.59. The standard InChI is InChI=1S/C20H26N6/c1-2-17-13-18(20-23-22-15-26(20)24-17)21-14-19(16-9-5-3-6-10-16)25-11-7-4-8-12-25/h3,5-6,9-10,13,15,19,21H,2,4,7-8,11-12,14H2,1H3. The Morgan fingerprint density at radius 2 is 1.92 bits per heavy atom. The molecule has 6 nitrogen and oxygen atoms in total. The number of rotatable bonds is 6. The van der Waals surface area contributed by atoms with Gasteiger partial charge in [-0.15, -0.1) is 10.2 Å². The number of likely N-dealkylation sites (tertiary alicyclic amines) is 1. The van der Waals surface area contributed by atoms with E-state index in [0.29, 0.717) is 6.04 Å². The molecule has 1 fully saturated rings. The summed E-state index contributed by atoms with van der Waals surface area (Å²) in [7, 11) is 0. The molecule has 1 atom stereocenters.